The Morgan fingerprint density at radius 1 is 1.53 bits per heavy atom. The third-order valence-corrected chi connectivity index (χ3v) is 3.47. The highest BCUT2D eigenvalue weighted by Crippen LogP contribution is 2.28. The molecule has 17 heavy (non-hydrogen) atoms. The van der Waals surface area contributed by atoms with Crippen molar-refractivity contribution in [3.05, 3.63) is 35.6 Å². The number of hydrogen-bond donors (Lipinski definition) is 1. The lowest BCUT2D eigenvalue weighted by atomic mass is 10.1. The molecule has 1 N–H and O–H groups in total. The molecule has 1 saturated heterocycles. The molecule has 3 nitrogen and oxygen atoms in total. The maximum Gasteiger partial charge on any atom is 0.307 e. The molecule has 2 unspecified atom stereocenters. The molecular weight excluding hydrogens is 221 g/mol. The summed E-state index contributed by atoms with van der Waals surface area (Å²) in [5, 5.41) is 8.94. The quantitative estimate of drug-likeness (QED) is 0.876. The van der Waals surface area contributed by atoms with Crippen molar-refractivity contribution in [2.24, 2.45) is 5.92 Å². The fourth-order valence-electron chi connectivity index (χ4n) is 2.35. The number of nitrogens with zero attached hydrogens (tertiary/aromatic N) is 1. The maximum atomic E-state index is 13.6. The minimum Gasteiger partial charge on any atom is -0.481 e. The number of hydrogen-bond acceptors (Lipinski definition) is 2. The zero-order valence-corrected chi connectivity index (χ0v) is 9.77. The third kappa shape index (κ3) is 2.47. The first-order valence-electron chi connectivity index (χ1n) is 5.81. The van der Waals surface area contributed by atoms with Crippen LogP contribution < -0.4 is 0 Å². The first kappa shape index (κ1) is 12.0. The van der Waals surface area contributed by atoms with Gasteiger partial charge in [-0.25, -0.2) is 4.39 Å². The molecule has 1 aromatic rings. The first-order chi connectivity index (χ1) is 8.09. The summed E-state index contributed by atoms with van der Waals surface area (Å²) in [7, 11) is 0. The predicted octanol–water partition coefficient (Wildman–Crippen LogP) is 2.29. The van der Waals surface area contributed by atoms with E-state index in [1.165, 1.54) is 6.07 Å². The van der Waals surface area contributed by atoms with E-state index in [9.17, 15) is 9.18 Å². The second-order valence-electron chi connectivity index (χ2n) is 4.52. The van der Waals surface area contributed by atoms with Crippen LogP contribution >= 0.6 is 0 Å². The van der Waals surface area contributed by atoms with Crippen molar-refractivity contribution in [1.82, 2.24) is 4.90 Å². The van der Waals surface area contributed by atoms with Gasteiger partial charge < -0.3 is 5.11 Å². The molecule has 0 aliphatic carbocycles. The summed E-state index contributed by atoms with van der Waals surface area (Å²) in [6.45, 7) is 3.14. The normalized spacial score (nSPS) is 22.6. The molecular formula is C13H16FNO2. The molecule has 1 aromatic carbocycles. The van der Waals surface area contributed by atoms with Gasteiger partial charge in [-0.15, -0.1) is 0 Å². The number of aliphatic carboxylic acids is 1. The van der Waals surface area contributed by atoms with Crippen molar-refractivity contribution in [3.63, 3.8) is 0 Å². The Morgan fingerprint density at radius 2 is 2.24 bits per heavy atom. The van der Waals surface area contributed by atoms with Gasteiger partial charge in [0.1, 0.15) is 5.82 Å². The lowest BCUT2D eigenvalue weighted by Gasteiger charge is -2.24. The number of halogens is 1. The second kappa shape index (κ2) is 4.84. The van der Waals surface area contributed by atoms with E-state index in [0.717, 1.165) is 0 Å². The molecule has 2 rings (SSSR count). The van der Waals surface area contributed by atoms with E-state index < -0.39 is 5.97 Å². The van der Waals surface area contributed by atoms with E-state index in [2.05, 4.69) is 0 Å². The molecule has 0 saturated carbocycles. The topological polar surface area (TPSA) is 40.5 Å². The number of likely N-dealkylation sites (tertiary alicyclic amines) is 1. The lowest BCUT2D eigenvalue weighted by molar-refractivity contribution is -0.141. The van der Waals surface area contributed by atoms with Crippen molar-refractivity contribution in [2.45, 2.75) is 19.4 Å². The fourth-order valence-corrected chi connectivity index (χ4v) is 2.35. The minimum absolute atomic E-state index is 0.0689. The third-order valence-electron chi connectivity index (χ3n) is 3.47. The summed E-state index contributed by atoms with van der Waals surface area (Å²) < 4.78 is 13.6. The van der Waals surface area contributed by atoms with Gasteiger partial charge in [-0.2, -0.15) is 0 Å². The van der Waals surface area contributed by atoms with E-state index in [-0.39, 0.29) is 17.8 Å². The van der Waals surface area contributed by atoms with Gasteiger partial charge in [0.25, 0.3) is 0 Å². The van der Waals surface area contributed by atoms with Crippen LogP contribution in [0.1, 0.15) is 24.9 Å². The van der Waals surface area contributed by atoms with Gasteiger partial charge in [0.05, 0.1) is 5.92 Å². The summed E-state index contributed by atoms with van der Waals surface area (Å²) in [6, 6.07) is 6.60. The smallest absolute Gasteiger partial charge is 0.307 e. The van der Waals surface area contributed by atoms with E-state index in [4.69, 9.17) is 5.11 Å². The molecule has 0 spiro atoms. The summed E-state index contributed by atoms with van der Waals surface area (Å²) in [5.74, 6) is -1.30. The monoisotopic (exact) mass is 237 g/mol. The van der Waals surface area contributed by atoms with Crippen molar-refractivity contribution in [1.29, 1.82) is 0 Å². The van der Waals surface area contributed by atoms with Crippen LogP contribution in [0.4, 0.5) is 4.39 Å². The van der Waals surface area contributed by atoms with Crippen LogP contribution in [0.15, 0.2) is 24.3 Å². The standard InChI is InChI=1S/C13H16FNO2/c1-9(11-4-2-3-5-12(11)14)15-7-6-10(8-15)13(16)17/h2-5,9-10H,6-8H2,1H3,(H,16,17). The predicted molar refractivity (Wildman–Crippen MR) is 62.1 cm³/mol. The number of benzene rings is 1. The van der Waals surface area contributed by atoms with E-state index in [0.29, 0.717) is 25.1 Å². The zero-order valence-electron chi connectivity index (χ0n) is 9.77. The Labute approximate surface area is 99.9 Å². The zero-order chi connectivity index (χ0) is 12.4. The van der Waals surface area contributed by atoms with Crippen LogP contribution in [-0.4, -0.2) is 29.1 Å². The van der Waals surface area contributed by atoms with Crippen LogP contribution in [0.25, 0.3) is 0 Å². The molecule has 0 amide bonds. The summed E-state index contributed by atoms with van der Waals surface area (Å²) in [5.41, 5.74) is 0.638. The molecule has 0 radical (unpaired) electrons. The van der Waals surface area contributed by atoms with Gasteiger partial charge in [0, 0.05) is 18.2 Å². The number of carbonyl (C=O) groups is 1. The Bertz CT molecular complexity index is 422. The van der Waals surface area contributed by atoms with Crippen LogP contribution in [0, 0.1) is 11.7 Å². The molecule has 1 aliphatic rings. The molecule has 2 atom stereocenters. The average Bonchev–Trinajstić information content (AvgIpc) is 2.78. The number of carboxylic acid groups (broad SMARTS) is 1. The van der Waals surface area contributed by atoms with Crippen molar-refractivity contribution in [2.75, 3.05) is 13.1 Å². The van der Waals surface area contributed by atoms with Crippen LogP contribution in [0.3, 0.4) is 0 Å². The fraction of sp³-hybridized carbons (Fsp3) is 0.462. The molecule has 1 fully saturated rings. The van der Waals surface area contributed by atoms with Crippen LogP contribution in [-0.2, 0) is 4.79 Å². The van der Waals surface area contributed by atoms with Crippen molar-refractivity contribution in [3.8, 4) is 0 Å². The Balaban J connectivity index is 2.09. The highest BCUT2D eigenvalue weighted by atomic mass is 19.1. The summed E-state index contributed by atoms with van der Waals surface area (Å²) in [4.78, 5) is 12.9. The van der Waals surface area contributed by atoms with Gasteiger partial charge in [-0.1, -0.05) is 18.2 Å². The lowest BCUT2D eigenvalue weighted by Crippen LogP contribution is -2.26. The Kier molecular flexibility index (Phi) is 3.43. The van der Waals surface area contributed by atoms with Gasteiger partial charge in [0.15, 0.2) is 0 Å². The van der Waals surface area contributed by atoms with Gasteiger partial charge in [-0.05, 0) is 26.0 Å². The second-order valence-corrected chi connectivity index (χ2v) is 4.52. The van der Waals surface area contributed by atoms with Crippen molar-refractivity contribution < 1.29 is 14.3 Å². The van der Waals surface area contributed by atoms with E-state index >= 15 is 0 Å². The maximum absolute atomic E-state index is 13.6. The van der Waals surface area contributed by atoms with E-state index in [1.807, 2.05) is 11.8 Å². The van der Waals surface area contributed by atoms with Crippen LogP contribution in [0.5, 0.6) is 0 Å². The first-order valence-corrected chi connectivity index (χ1v) is 5.81. The van der Waals surface area contributed by atoms with Gasteiger partial charge >= 0.3 is 5.97 Å². The molecule has 1 aliphatic heterocycles. The summed E-state index contributed by atoms with van der Waals surface area (Å²) in [6.07, 6.45) is 0.647. The largest absolute Gasteiger partial charge is 0.481 e. The van der Waals surface area contributed by atoms with Gasteiger partial charge in [-0.3, -0.25) is 9.69 Å². The minimum atomic E-state index is -0.756. The van der Waals surface area contributed by atoms with Crippen LogP contribution in [0.2, 0.25) is 0 Å². The highest BCUT2D eigenvalue weighted by molar-refractivity contribution is 5.70. The highest BCUT2D eigenvalue weighted by Gasteiger charge is 2.31. The average molecular weight is 237 g/mol. The number of carboxylic acids is 1. The van der Waals surface area contributed by atoms with Gasteiger partial charge in [0.2, 0.25) is 0 Å². The molecule has 0 bridgehead atoms. The summed E-state index contributed by atoms with van der Waals surface area (Å²) >= 11 is 0. The molecule has 0 aromatic heterocycles. The Hall–Kier alpha value is -1.42. The van der Waals surface area contributed by atoms with E-state index in [1.54, 1.807) is 18.2 Å². The molecule has 92 valence electrons. The number of rotatable bonds is 3. The molecule has 1 heterocycles. The van der Waals surface area contributed by atoms with Crippen molar-refractivity contribution >= 4 is 5.97 Å². The SMILES string of the molecule is CC(c1ccccc1F)N1CCC(C(=O)O)C1. The Morgan fingerprint density at radius 3 is 2.82 bits per heavy atom. The molecule has 4 heteroatoms.